The average Bonchev–Trinajstić information content (AvgIpc) is 2.83. The first-order chi connectivity index (χ1) is 16.7. The van der Waals surface area contributed by atoms with E-state index in [0.717, 1.165) is 50.2 Å². The van der Waals surface area contributed by atoms with E-state index < -0.39 is 11.9 Å². The van der Waals surface area contributed by atoms with E-state index >= 15 is 0 Å². The normalized spacial score (nSPS) is 18.6. The largest absolute Gasteiger partial charge is 0.497 e. The molecule has 1 heterocycles. The van der Waals surface area contributed by atoms with Crippen molar-refractivity contribution in [2.24, 2.45) is 11.8 Å². The van der Waals surface area contributed by atoms with E-state index in [0.29, 0.717) is 18.3 Å². The predicted molar refractivity (Wildman–Crippen MR) is 133 cm³/mol. The van der Waals surface area contributed by atoms with Crippen LogP contribution in [0.5, 0.6) is 5.75 Å². The van der Waals surface area contributed by atoms with E-state index in [9.17, 15) is 4.79 Å². The van der Waals surface area contributed by atoms with E-state index in [1.807, 2.05) is 6.07 Å². The number of para-hydroxylation sites is 1. The number of nitrogens with zero attached hydrogens (tertiary/aromatic N) is 2. The van der Waals surface area contributed by atoms with Crippen molar-refractivity contribution in [3.63, 3.8) is 0 Å². The van der Waals surface area contributed by atoms with E-state index in [-0.39, 0.29) is 5.91 Å². The third-order valence-electron chi connectivity index (χ3n) is 6.55. The van der Waals surface area contributed by atoms with Crippen molar-refractivity contribution in [3.8, 4) is 5.75 Å². The molecule has 35 heavy (non-hydrogen) atoms. The fourth-order valence-electron chi connectivity index (χ4n) is 5.02. The van der Waals surface area contributed by atoms with Crippen LogP contribution >= 0.6 is 0 Å². The molecular weight excluding hydrogens is 448 g/mol. The van der Waals surface area contributed by atoms with Gasteiger partial charge in [-0.1, -0.05) is 24.3 Å². The molecule has 0 spiro atoms. The molecule has 2 atom stereocenters. The Morgan fingerprint density at radius 2 is 1.66 bits per heavy atom. The molecule has 0 saturated carbocycles. The van der Waals surface area contributed by atoms with Crippen LogP contribution in [0, 0.1) is 11.8 Å². The number of hydrogen-bond donors (Lipinski definition) is 2. The summed E-state index contributed by atoms with van der Waals surface area (Å²) >= 11 is 0. The SMILES string of the molecule is COc1ccc2c(c1)CCC(CC(=O)N1CC(CN(C)C)Cc3ccccc31)C2.O=C(O)C(=O)O. The van der Waals surface area contributed by atoms with Gasteiger partial charge in [-0.2, -0.15) is 0 Å². The molecule has 0 bridgehead atoms. The zero-order valence-electron chi connectivity index (χ0n) is 20.6. The number of benzene rings is 2. The molecule has 1 aliphatic carbocycles. The van der Waals surface area contributed by atoms with E-state index in [4.69, 9.17) is 24.5 Å². The fraction of sp³-hybridized carbons (Fsp3) is 0.444. The van der Waals surface area contributed by atoms with E-state index in [1.165, 1.54) is 16.7 Å². The van der Waals surface area contributed by atoms with Crippen molar-refractivity contribution in [1.82, 2.24) is 4.90 Å². The number of anilines is 1. The first-order valence-electron chi connectivity index (χ1n) is 11.8. The molecule has 1 amide bonds. The number of aryl methyl sites for hydroxylation is 1. The van der Waals surface area contributed by atoms with Crippen molar-refractivity contribution in [2.75, 3.05) is 39.2 Å². The molecule has 2 unspecified atom stereocenters. The molecule has 0 radical (unpaired) electrons. The van der Waals surface area contributed by atoms with Gasteiger partial charge >= 0.3 is 11.9 Å². The van der Waals surface area contributed by atoms with Crippen LogP contribution < -0.4 is 9.64 Å². The van der Waals surface area contributed by atoms with Gasteiger partial charge in [0.2, 0.25) is 5.91 Å². The molecule has 0 fully saturated rings. The molecule has 4 rings (SSSR count). The molecule has 8 nitrogen and oxygen atoms in total. The molecule has 2 aromatic rings. The van der Waals surface area contributed by atoms with Crippen molar-refractivity contribution >= 4 is 23.5 Å². The minimum absolute atomic E-state index is 0.280. The van der Waals surface area contributed by atoms with Crippen molar-refractivity contribution in [3.05, 3.63) is 59.2 Å². The standard InChI is InChI=1S/C25H32N2O2.C2H2O4/c1-26(2)16-19-13-22-6-4-5-7-24(22)27(17-19)25(28)14-18-8-9-21-15-23(29-3)11-10-20(21)12-18;3-1(4)2(5)6/h4-7,10-11,15,18-19H,8-9,12-14,16-17H2,1-3H3;(H,3,4)(H,5,6). The highest BCUT2D eigenvalue weighted by molar-refractivity contribution is 6.27. The van der Waals surface area contributed by atoms with Crippen LogP contribution in [-0.4, -0.2) is 67.3 Å². The Bertz CT molecular complexity index is 1060. The number of hydrogen-bond acceptors (Lipinski definition) is 5. The molecule has 0 aromatic heterocycles. The van der Waals surface area contributed by atoms with Crippen LogP contribution in [0.3, 0.4) is 0 Å². The monoisotopic (exact) mass is 482 g/mol. The summed E-state index contributed by atoms with van der Waals surface area (Å²) in [6.45, 7) is 1.84. The summed E-state index contributed by atoms with van der Waals surface area (Å²) < 4.78 is 5.36. The summed E-state index contributed by atoms with van der Waals surface area (Å²) in [5.74, 6) is -1.53. The van der Waals surface area contributed by atoms with Gasteiger partial charge in [-0.05, 0) is 86.5 Å². The average molecular weight is 483 g/mol. The zero-order valence-corrected chi connectivity index (χ0v) is 20.6. The Hall–Kier alpha value is -3.39. The maximum absolute atomic E-state index is 13.4. The lowest BCUT2D eigenvalue weighted by Gasteiger charge is -2.37. The molecule has 1 aliphatic heterocycles. The second kappa shape index (κ2) is 11.8. The Morgan fingerprint density at radius 3 is 2.31 bits per heavy atom. The van der Waals surface area contributed by atoms with Crippen LogP contribution in [0.25, 0.3) is 0 Å². The Morgan fingerprint density at radius 1 is 0.971 bits per heavy atom. The summed E-state index contributed by atoms with van der Waals surface area (Å²) in [7, 11) is 5.94. The van der Waals surface area contributed by atoms with Crippen LogP contribution in [0.4, 0.5) is 5.69 Å². The maximum atomic E-state index is 13.4. The van der Waals surface area contributed by atoms with Gasteiger partial charge in [0, 0.05) is 25.2 Å². The smallest absolute Gasteiger partial charge is 0.414 e. The lowest BCUT2D eigenvalue weighted by Crippen LogP contribution is -2.43. The van der Waals surface area contributed by atoms with Crippen LogP contribution in [-0.2, 0) is 33.6 Å². The predicted octanol–water partition coefficient (Wildman–Crippen LogP) is 3.11. The number of rotatable bonds is 5. The number of carbonyl (C=O) groups excluding carboxylic acids is 1. The van der Waals surface area contributed by atoms with Gasteiger partial charge in [-0.15, -0.1) is 0 Å². The highest BCUT2D eigenvalue weighted by Crippen LogP contribution is 2.34. The van der Waals surface area contributed by atoms with Gasteiger partial charge in [0.15, 0.2) is 0 Å². The second-order valence-electron chi connectivity index (χ2n) is 9.52. The fourth-order valence-corrected chi connectivity index (χ4v) is 5.02. The maximum Gasteiger partial charge on any atom is 0.414 e. The molecule has 2 aliphatic rings. The van der Waals surface area contributed by atoms with Gasteiger partial charge in [0.05, 0.1) is 7.11 Å². The summed E-state index contributed by atoms with van der Waals surface area (Å²) in [4.78, 5) is 35.9. The van der Waals surface area contributed by atoms with Gasteiger partial charge in [0.1, 0.15) is 5.75 Å². The number of carbonyl (C=O) groups is 3. The second-order valence-corrected chi connectivity index (χ2v) is 9.52. The van der Waals surface area contributed by atoms with Crippen LogP contribution in [0.15, 0.2) is 42.5 Å². The number of carboxylic acid groups (broad SMARTS) is 2. The van der Waals surface area contributed by atoms with Gasteiger partial charge in [-0.3, -0.25) is 4.79 Å². The van der Waals surface area contributed by atoms with Crippen molar-refractivity contribution in [2.45, 2.75) is 32.1 Å². The number of aliphatic carboxylic acids is 2. The molecule has 0 saturated heterocycles. The summed E-state index contributed by atoms with van der Waals surface area (Å²) in [6.07, 6.45) is 4.78. The first kappa shape index (κ1) is 26.2. The molecule has 2 N–H and O–H groups in total. The molecule has 2 aromatic carbocycles. The summed E-state index contributed by atoms with van der Waals surface area (Å²) in [6, 6.07) is 14.8. The highest BCUT2D eigenvalue weighted by atomic mass is 16.5. The molecule has 188 valence electrons. The minimum atomic E-state index is -1.82. The summed E-state index contributed by atoms with van der Waals surface area (Å²) in [5, 5.41) is 14.8. The quantitative estimate of drug-likeness (QED) is 0.631. The number of methoxy groups -OCH3 is 1. The third-order valence-corrected chi connectivity index (χ3v) is 6.55. The number of ether oxygens (including phenoxy) is 1. The van der Waals surface area contributed by atoms with Crippen LogP contribution in [0.2, 0.25) is 0 Å². The van der Waals surface area contributed by atoms with Crippen LogP contribution in [0.1, 0.15) is 29.5 Å². The number of amides is 1. The van der Waals surface area contributed by atoms with Gasteiger partial charge in [-0.25, -0.2) is 9.59 Å². The van der Waals surface area contributed by atoms with Crippen molar-refractivity contribution in [1.29, 1.82) is 0 Å². The molecule has 8 heteroatoms. The number of carboxylic acids is 2. The zero-order chi connectivity index (χ0) is 25.5. The Kier molecular flexibility index (Phi) is 8.87. The van der Waals surface area contributed by atoms with Gasteiger partial charge < -0.3 is 24.7 Å². The van der Waals surface area contributed by atoms with E-state index in [1.54, 1.807) is 7.11 Å². The highest BCUT2D eigenvalue weighted by Gasteiger charge is 2.30. The lowest BCUT2D eigenvalue weighted by atomic mass is 9.81. The molecular formula is C27H34N2O6. The third kappa shape index (κ3) is 7.05. The first-order valence-corrected chi connectivity index (χ1v) is 11.8. The lowest BCUT2D eigenvalue weighted by molar-refractivity contribution is -0.159. The number of fused-ring (bicyclic) bond motifs is 2. The topological polar surface area (TPSA) is 107 Å². The minimum Gasteiger partial charge on any atom is -0.497 e. The van der Waals surface area contributed by atoms with Gasteiger partial charge in [0.25, 0.3) is 0 Å². The Balaban J connectivity index is 0.000000509. The van der Waals surface area contributed by atoms with E-state index in [2.05, 4.69) is 60.3 Å². The Labute approximate surface area is 206 Å². The summed E-state index contributed by atoms with van der Waals surface area (Å²) in [5.41, 5.74) is 5.18. The van der Waals surface area contributed by atoms with Crippen molar-refractivity contribution < 1.29 is 29.3 Å².